The molecule has 1 N–H and O–H groups in total. The lowest BCUT2D eigenvalue weighted by Crippen LogP contribution is -1.99. The SMILES string of the molecule is CC(C)Cc1ccc(C(O)CCCl)cc1. The van der Waals surface area contributed by atoms with Gasteiger partial charge in [0.05, 0.1) is 6.10 Å². The second-order valence-corrected chi connectivity index (χ2v) is 4.71. The Kier molecular flexibility index (Phi) is 5.13. The number of aliphatic hydroxyl groups is 1. The molecule has 1 aromatic rings. The van der Waals surface area contributed by atoms with Crippen LogP contribution in [0.15, 0.2) is 24.3 Å². The second kappa shape index (κ2) is 6.14. The first-order valence-corrected chi connectivity index (χ1v) is 5.99. The van der Waals surface area contributed by atoms with Crippen molar-refractivity contribution in [3.8, 4) is 0 Å². The lowest BCUT2D eigenvalue weighted by Gasteiger charge is -2.10. The van der Waals surface area contributed by atoms with E-state index in [1.807, 2.05) is 12.1 Å². The summed E-state index contributed by atoms with van der Waals surface area (Å²) in [4.78, 5) is 0. The molecule has 1 aromatic carbocycles. The van der Waals surface area contributed by atoms with Gasteiger partial charge in [-0.05, 0) is 29.9 Å². The Bertz CT molecular complexity index is 279. The number of rotatable bonds is 5. The molecular formula is C13H19ClO. The first-order valence-electron chi connectivity index (χ1n) is 5.46. The Balaban J connectivity index is 2.63. The van der Waals surface area contributed by atoms with Crippen LogP contribution in [0.4, 0.5) is 0 Å². The molecule has 0 aliphatic carbocycles. The van der Waals surface area contributed by atoms with Gasteiger partial charge in [0.25, 0.3) is 0 Å². The summed E-state index contributed by atoms with van der Waals surface area (Å²) < 4.78 is 0. The van der Waals surface area contributed by atoms with E-state index >= 15 is 0 Å². The maximum atomic E-state index is 9.71. The summed E-state index contributed by atoms with van der Waals surface area (Å²) in [5.41, 5.74) is 2.29. The first-order chi connectivity index (χ1) is 7.13. The van der Waals surface area contributed by atoms with Crippen LogP contribution in [0.1, 0.15) is 37.5 Å². The van der Waals surface area contributed by atoms with Gasteiger partial charge in [0.15, 0.2) is 0 Å². The van der Waals surface area contributed by atoms with Crippen LogP contribution in [0.5, 0.6) is 0 Å². The Morgan fingerprint density at radius 3 is 2.27 bits per heavy atom. The zero-order valence-corrected chi connectivity index (χ0v) is 10.2. The summed E-state index contributed by atoms with van der Waals surface area (Å²) in [5, 5.41) is 9.71. The van der Waals surface area contributed by atoms with Crippen molar-refractivity contribution in [3.05, 3.63) is 35.4 Å². The molecule has 84 valence electrons. The Morgan fingerprint density at radius 2 is 1.80 bits per heavy atom. The molecule has 15 heavy (non-hydrogen) atoms. The van der Waals surface area contributed by atoms with Crippen molar-refractivity contribution in [2.75, 3.05) is 5.88 Å². The zero-order chi connectivity index (χ0) is 11.3. The molecule has 0 aliphatic rings. The van der Waals surface area contributed by atoms with Gasteiger partial charge in [0, 0.05) is 5.88 Å². The lowest BCUT2D eigenvalue weighted by atomic mass is 10.00. The van der Waals surface area contributed by atoms with Gasteiger partial charge in [-0.3, -0.25) is 0 Å². The van der Waals surface area contributed by atoms with Crippen LogP contribution in [-0.2, 0) is 6.42 Å². The number of hydrogen-bond acceptors (Lipinski definition) is 1. The molecule has 0 aliphatic heterocycles. The van der Waals surface area contributed by atoms with Crippen LogP contribution in [0, 0.1) is 5.92 Å². The van der Waals surface area contributed by atoms with Crippen LogP contribution < -0.4 is 0 Å². The van der Waals surface area contributed by atoms with E-state index in [1.54, 1.807) is 0 Å². The van der Waals surface area contributed by atoms with E-state index in [-0.39, 0.29) is 0 Å². The highest BCUT2D eigenvalue weighted by Crippen LogP contribution is 2.18. The molecule has 0 saturated heterocycles. The third-order valence-corrected chi connectivity index (χ3v) is 2.61. The van der Waals surface area contributed by atoms with E-state index in [4.69, 9.17) is 11.6 Å². The Labute approximate surface area is 97.1 Å². The molecule has 0 amide bonds. The van der Waals surface area contributed by atoms with Crippen LogP contribution >= 0.6 is 11.6 Å². The number of hydrogen-bond donors (Lipinski definition) is 1. The molecule has 1 atom stereocenters. The molecule has 1 nitrogen and oxygen atoms in total. The van der Waals surface area contributed by atoms with Gasteiger partial charge < -0.3 is 5.11 Å². The van der Waals surface area contributed by atoms with Crippen molar-refractivity contribution < 1.29 is 5.11 Å². The minimum Gasteiger partial charge on any atom is -0.388 e. The summed E-state index contributed by atoms with van der Waals surface area (Å²) in [7, 11) is 0. The largest absolute Gasteiger partial charge is 0.388 e. The first kappa shape index (κ1) is 12.5. The predicted octanol–water partition coefficient (Wildman–Crippen LogP) is 3.55. The third kappa shape index (κ3) is 4.23. The second-order valence-electron chi connectivity index (χ2n) is 4.33. The average molecular weight is 227 g/mol. The zero-order valence-electron chi connectivity index (χ0n) is 9.41. The highest BCUT2D eigenvalue weighted by atomic mass is 35.5. The van der Waals surface area contributed by atoms with Gasteiger partial charge >= 0.3 is 0 Å². The van der Waals surface area contributed by atoms with Crippen LogP contribution in [0.2, 0.25) is 0 Å². The highest BCUT2D eigenvalue weighted by Gasteiger charge is 2.06. The molecule has 0 fully saturated rings. The quantitative estimate of drug-likeness (QED) is 0.762. The summed E-state index contributed by atoms with van der Waals surface area (Å²) in [5.74, 6) is 1.16. The number of aliphatic hydroxyl groups excluding tert-OH is 1. The fraction of sp³-hybridized carbons (Fsp3) is 0.538. The fourth-order valence-corrected chi connectivity index (χ4v) is 1.82. The van der Waals surface area contributed by atoms with E-state index < -0.39 is 6.10 Å². The standard InChI is InChI=1S/C13H19ClO/c1-10(2)9-11-3-5-12(6-4-11)13(15)7-8-14/h3-6,10,13,15H,7-9H2,1-2H3. The molecule has 0 bridgehead atoms. The minimum atomic E-state index is -0.421. The summed E-state index contributed by atoms with van der Waals surface area (Å²) in [6, 6.07) is 8.17. The van der Waals surface area contributed by atoms with E-state index in [0.29, 0.717) is 18.2 Å². The van der Waals surface area contributed by atoms with E-state index in [2.05, 4.69) is 26.0 Å². The van der Waals surface area contributed by atoms with Crippen LogP contribution in [0.3, 0.4) is 0 Å². The van der Waals surface area contributed by atoms with Crippen molar-refractivity contribution in [1.82, 2.24) is 0 Å². The van der Waals surface area contributed by atoms with Gasteiger partial charge in [0.2, 0.25) is 0 Å². The van der Waals surface area contributed by atoms with Gasteiger partial charge in [-0.15, -0.1) is 11.6 Å². The Morgan fingerprint density at radius 1 is 1.20 bits per heavy atom. The molecule has 0 heterocycles. The molecule has 0 radical (unpaired) electrons. The van der Waals surface area contributed by atoms with Gasteiger partial charge in [-0.25, -0.2) is 0 Å². The number of halogens is 1. The highest BCUT2D eigenvalue weighted by molar-refractivity contribution is 6.17. The molecule has 1 unspecified atom stereocenters. The average Bonchev–Trinajstić information content (AvgIpc) is 2.18. The van der Waals surface area contributed by atoms with Crippen molar-refractivity contribution in [3.63, 3.8) is 0 Å². The summed E-state index contributed by atoms with van der Waals surface area (Å²) in [6.45, 7) is 4.41. The number of alkyl halides is 1. The van der Waals surface area contributed by atoms with E-state index in [0.717, 1.165) is 12.0 Å². The monoisotopic (exact) mass is 226 g/mol. The van der Waals surface area contributed by atoms with Crippen LogP contribution in [0.25, 0.3) is 0 Å². The van der Waals surface area contributed by atoms with Gasteiger partial charge in [-0.2, -0.15) is 0 Å². The minimum absolute atomic E-state index is 0.421. The van der Waals surface area contributed by atoms with Crippen LogP contribution in [-0.4, -0.2) is 11.0 Å². The maximum Gasteiger partial charge on any atom is 0.0801 e. The summed E-state index contributed by atoms with van der Waals surface area (Å²) >= 11 is 5.59. The molecule has 0 aromatic heterocycles. The van der Waals surface area contributed by atoms with Crippen molar-refractivity contribution in [2.24, 2.45) is 5.92 Å². The normalized spacial score (nSPS) is 13.1. The maximum absolute atomic E-state index is 9.71. The van der Waals surface area contributed by atoms with Crippen molar-refractivity contribution in [1.29, 1.82) is 0 Å². The fourth-order valence-electron chi connectivity index (χ4n) is 1.62. The molecule has 1 rings (SSSR count). The van der Waals surface area contributed by atoms with Gasteiger partial charge in [-0.1, -0.05) is 38.1 Å². The van der Waals surface area contributed by atoms with E-state index in [1.165, 1.54) is 5.56 Å². The van der Waals surface area contributed by atoms with Crippen molar-refractivity contribution >= 4 is 11.6 Å². The lowest BCUT2D eigenvalue weighted by molar-refractivity contribution is 0.174. The van der Waals surface area contributed by atoms with Gasteiger partial charge in [0.1, 0.15) is 0 Å². The third-order valence-electron chi connectivity index (χ3n) is 2.39. The van der Waals surface area contributed by atoms with E-state index in [9.17, 15) is 5.11 Å². The predicted molar refractivity (Wildman–Crippen MR) is 65.3 cm³/mol. The number of benzene rings is 1. The molecular weight excluding hydrogens is 208 g/mol. The topological polar surface area (TPSA) is 20.2 Å². The molecule has 0 spiro atoms. The van der Waals surface area contributed by atoms with Crippen molar-refractivity contribution in [2.45, 2.75) is 32.8 Å². The smallest absolute Gasteiger partial charge is 0.0801 e. The molecule has 2 heteroatoms. The molecule has 0 saturated carbocycles. The Hall–Kier alpha value is -0.530. The summed E-state index contributed by atoms with van der Waals surface area (Å²) in [6.07, 6.45) is 1.28.